The van der Waals surface area contributed by atoms with E-state index >= 15 is 0 Å². The van der Waals surface area contributed by atoms with E-state index < -0.39 is 29.5 Å². The zero-order valence-electron chi connectivity index (χ0n) is 16.9. The molecule has 0 fully saturated rings. The number of halogens is 4. The van der Waals surface area contributed by atoms with Crippen LogP contribution >= 0.6 is 0 Å². The first-order valence-corrected chi connectivity index (χ1v) is 9.16. The number of alkyl halides is 3. The highest BCUT2D eigenvalue weighted by Gasteiger charge is 2.32. The molecule has 0 saturated heterocycles. The molecule has 0 saturated carbocycles. The Morgan fingerprint density at radius 3 is 2.41 bits per heavy atom. The number of hydrogen-bond acceptors (Lipinski definition) is 5. The highest BCUT2D eigenvalue weighted by molar-refractivity contribution is 6.02. The van der Waals surface area contributed by atoms with Crippen molar-refractivity contribution in [1.82, 2.24) is 9.78 Å². The van der Waals surface area contributed by atoms with E-state index in [0.29, 0.717) is 0 Å². The van der Waals surface area contributed by atoms with Crippen molar-refractivity contribution in [1.29, 1.82) is 0 Å². The molecular weight excluding hydrogens is 434 g/mol. The van der Waals surface area contributed by atoms with E-state index in [9.17, 15) is 27.2 Å². The Bertz CT molecular complexity index is 1210. The van der Waals surface area contributed by atoms with Crippen molar-refractivity contribution in [2.24, 2.45) is 4.99 Å². The van der Waals surface area contributed by atoms with Gasteiger partial charge in [-0.2, -0.15) is 0 Å². The number of para-hydroxylation sites is 2. The molecular formula is C21H17F4N3O4. The molecule has 7 nitrogen and oxygen atoms in total. The monoisotopic (exact) mass is 451 g/mol. The van der Waals surface area contributed by atoms with Crippen LogP contribution in [-0.2, 0) is 16.0 Å². The number of nitrogens with zero attached hydrogens (tertiary/aromatic N) is 2. The van der Waals surface area contributed by atoms with Gasteiger partial charge in [-0.1, -0.05) is 12.1 Å². The highest BCUT2D eigenvalue weighted by Crippen LogP contribution is 2.32. The number of aliphatic imine (C=N–C) groups is 1. The van der Waals surface area contributed by atoms with E-state index in [1.54, 1.807) is 0 Å². The number of esters is 1. The molecule has 0 radical (unpaired) electrons. The maximum atomic E-state index is 13.3. The molecule has 3 rings (SSSR count). The van der Waals surface area contributed by atoms with Crippen molar-refractivity contribution < 1.29 is 31.8 Å². The summed E-state index contributed by atoms with van der Waals surface area (Å²) in [5.41, 5.74) is -0.402. The molecule has 11 heteroatoms. The maximum Gasteiger partial charge on any atom is 0.573 e. The van der Waals surface area contributed by atoms with E-state index in [4.69, 9.17) is 0 Å². The quantitative estimate of drug-likeness (QED) is 0.348. The number of benzene rings is 2. The van der Waals surface area contributed by atoms with Crippen LogP contribution in [0.1, 0.15) is 18.2 Å². The summed E-state index contributed by atoms with van der Waals surface area (Å²) in [5.74, 6) is -1.72. The minimum absolute atomic E-state index is 0.0317. The van der Waals surface area contributed by atoms with Crippen molar-refractivity contribution in [3.05, 3.63) is 76.0 Å². The molecule has 0 aliphatic rings. The number of carbonyl (C=O) groups is 1. The summed E-state index contributed by atoms with van der Waals surface area (Å²) in [6, 6.07) is 10.2. The summed E-state index contributed by atoms with van der Waals surface area (Å²) in [4.78, 5) is 29.1. The van der Waals surface area contributed by atoms with Crippen LogP contribution in [0.4, 0.5) is 23.2 Å². The number of rotatable bonds is 6. The van der Waals surface area contributed by atoms with Crippen LogP contribution in [0.3, 0.4) is 0 Å². The molecule has 0 spiro atoms. The third-order valence-corrected chi connectivity index (χ3v) is 4.34. The number of carbonyl (C=O) groups excluding carboxylic acids is 1. The second-order valence-electron chi connectivity index (χ2n) is 6.55. The molecule has 0 bridgehead atoms. The van der Waals surface area contributed by atoms with Gasteiger partial charge in [0.05, 0.1) is 36.2 Å². The highest BCUT2D eigenvalue weighted by atomic mass is 19.4. The van der Waals surface area contributed by atoms with Crippen LogP contribution in [0.15, 0.2) is 58.3 Å². The minimum atomic E-state index is -4.93. The van der Waals surface area contributed by atoms with Gasteiger partial charge in [-0.15, -0.1) is 13.2 Å². The maximum absolute atomic E-state index is 13.3. The van der Waals surface area contributed by atoms with Crippen molar-refractivity contribution >= 4 is 17.4 Å². The molecule has 1 heterocycles. The molecule has 3 aromatic rings. The van der Waals surface area contributed by atoms with Crippen LogP contribution in [-0.4, -0.2) is 34.9 Å². The van der Waals surface area contributed by atoms with Crippen LogP contribution in [0.25, 0.3) is 5.69 Å². The molecule has 0 aliphatic heterocycles. The first-order chi connectivity index (χ1) is 15.1. The number of hydrogen-bond donors (Lipinski definition) is 1. The number of methoxy groups -OCH3 is 1. The molecule has 2 aromatic carbocycles. The van der Waals surface area contributed by atoms with Gasteiger partial charge < -0.3 is 9.47 Å². The van der Waals surface area contributed by atoms with Gasteiger partial charge in [0.15, 0.2) is 5.75 Å². The summed E-state index contributed by atoms with van der Waals surface area (Å²) < 4.78 is 61.1. The lowest BCUT2D eigenvalue weighted by Crippen LogP contribution is -2.20. The Morgan fingerprint density at radius 2 is 1.78 bits per heavy atom. The molecule has 1 aromatic heterocycles. The number of aromatic nitrogens is 2. The van der Waals surface area contributed by atoms with Gasteiger partial charge in [-0.05, 0) is 43.3 Å². The third-order valence-electron chi connectivity index (χ3n) is 4.34. The van der Waals surface area contributed by atoms with Crippen LogP contribution in [0.2, 0.25) is 0 Å². The van der Waals surface area contributed by atoms with Crippen molar-refractivity contribution in [2.75, 3.05) is 7.11 Å². The van der Waals surface area contributed by atoms with Gasteiger partial charge in [0.2, 0.25) is 0 Å². The number of aromatic amines is 1. The second kappa shape index (κ2) is 9.08. The van der Waals surface area contributed by atoms with E-state index in [2.05, 4.69) is 19.6 Å². The second-order valence-corrected chi connectivity index (χ2v) is 6.55. The average Bonchev–Trinajstić information content (AvgIpc) is 3.04. The summed E-state index contributed by atoms with van der Waals surface area (Å²) in [6.45, 7) is 1.41. The van der Waals surface area contributed by atoms with Crippen molar-refractivity contribution in [3.8, 4) is 11.4 Å². The topological polar surface area (TPSA) is 85.7 Å². The predicted octanol–water partition coefficient (Wildman–Crippen LogP) is 4.06. The molecule has 32 heavy (non-hydrogen) atoms. The SMILES string of the molecule is COC(=O)Cc1[nH]n(-c2ccc(F)cc2)c(=O)c1C(C)=Nc1ccccc1OC(F)(F)F. The molecule has 0 amide bonds. The van der Waals surface area contributed by atoms with E-state index in [1.807, 2.05) is 0 Å². The summed E-state index contributed by atoms with van der Waals surface area (Å²) in [6.07, 6.45) is -5.26. The van der Waals surface area contributed by atoms with Gasteiger partial charge in [-0.25, -0.2) is 14.1 Å². The Hall–Kier alpha value is -3.89. The minimum Gasteiger partial charge on any atom is -0.469 e. The van der Waals surface area contributed by atoms with Crippen LogP contribution < -0.4 is 10.3 Å². The fourth-order valence-corrected chi connectivity index (χ4v) is 2.97. The Balaban J connectivity index is 2.13. The molecule has 0 atom stereocenters. The largest absolute Gasteiger partial charge is 0.573 e. The van der Waals surface area contributed by atoms with Gasteiger partial charge in [0.1, 0.15) is 11.5 Å². The summed E-state index contributed by atoms with van der Waals surface area (Å²) >= 11 is 0. The van der Waals surface area contributed by atoms with E-state index in [1.165, 1.54) is 44.4 Å². The van der Waals surface area contributed by atoms with E-state index in [0.717, 1.165) is 22.9 Å². The predicted molar refractivity (Wildman–Crippen MR) is 107 cm³/mol. The van der Waals surface area contributed by atoms with Gasteiger partial charge in [-0.3, -0.25) is 14.7 Å². The van der Waals surface area contributed by atoms with Crippen LogP contribution in [0.5, 0.6) is 5.75 Å². The van der Waals surface area contributed by atoms with E-state index in [-0.39, 0.29) is 34.8 Å². The Labute approximate surface area is 178 Å². The van der Waals surface area contributed by atoms with Crippen molar-refractivity contribution in [3.63, 3.8) is 0 Å². The molecule has 0 aliphatic carbocycles. The number of H-pyrrole nitrogens is 1. The Kier molecular flexibility index (Phi) is 6.47. The van der Waals surface area contributed by atoms with Gasteiger partial charge in [0.25, 0.3) is 5.56 Å². The zero-order valence-corrected chi connectivity index (χ0v) is 16.9. The fourth-order valence-electron chi connectivity index (χ4n) is 2.97. The van der Waals surface area contributed by atoms with Gasteiger partial charge >= 0.3 is 12.3 Å². The number of nitrogens with one attached hydrogen (secondary N) is 1. The lowest BCUT2D eigenvalue weighted by atomic mass is 10.1. The van der Waals surface area contributed by atoms with Gasteiger partial charge in [0, 0.05) is 0 Å². The summed E-state index contributed by atoms with van der Waals surface area (Å²) in [5, 5.41) is 2.76. The first kappa shape index (κ1) is 22.8. The summed E-state index contributed by atoms with van der Waals surface area (Å²) in [7, 11) is 1.17. The number of ether oxygens (including phenoxy) is 2. The van der Waals surface area contributed by atoms with Crippen LogP contribution in [0, 0.1) is 5.82 Å². The molecule has 1 N–H and O–H groups in total. The standard InChI is InChI=1S/C21H17F4N3O4/c1-12(26-15-5-3-4-6-17(15)32-21(23,24)25)19-16(11-18(29)31-2)27-28(20(19)30)14-9-7-13(22)8-10-14/h3-10,27H,11H2,1-2H3. The molecule has 168 valence electrons. The van der Waals surface area contributed by atoms with Crippen molar-refractivity contribution in [2.45, 2.75) is 19.7 Å². The average molecular weight is 451 g/mol. The third kappa shape index (κ3) is 5.23. The Morgan fingerprint density at radius 1 is 1.12 bits per heavy atom. The normalized spacial score (nSPS) is 12.0. The lowest BCUT2D eigenvalue weighted by molar-refractivity contribution is -0.274. The molecule has 0 unspecified atom stereocenters. The first-order valence-electron chi connectivity index (χ1n) is 9.16. The smallest absolute Gasteiger partial charge is 0.469 e. The lowest BCUT2D eigenvalue weighted by Gasteiger charge is -2.11. The zero-order chi connectivity index (χ0) is 23.5. The fraction of sp³-hybridized carbons (Fsp3) is 0.190.